The molecule has 4 nitrogen and oxygen atoms in total. The summed E-state index contributed by atoms with van der Waals surface area (Å²) >= 11 is 0. The molecule has 1 aromatic rings. The van der Waals surface area contributed by atoms with E-state index in [0.29, 0.717) is 18.7 Å². The Labute approximate surface area is 100 Å². The van der Waals surface area contributed by atoms with Gasteiger partial charge in [-0.3, -0.25) is 0 Å². The van der Waals surface area contributed by atoms with Gasteiger partial charge in [0, 0.05) is 6.42 Å². The zero-order valence-electron chi connectivity index (χ0n) is 9.73. The highest BCUT2D eigenvalue weighted by atomic mass is 16.6. The number of para-hydroxylation sites is 1. The van der Waals surface area contributed by atoms with Gasteiger partial charge < -0.3 is 14.8 Å². The molecule has 0 radical (unpaired) electrons. The van der Waals surface area contributed by atoms with Crippen LogP contribution in [0.4, 0.5) is 4.79 Å². The second kappa shape index (κ2) is 4.91. The standard InChI is InChI=1S/C13H15NO3/c1-9(2)16-12-6-4-3-5-10(12)7-11-8-14-13(15)17-11/h3-6,11H,1,7-8H2,2H3,(H,14,15). The van der Waals surface area contributed by atoms with E-state index in [1.165, 1.54) is 0 Å². The molecule has 1 unspecified atom stereocenters. The summed E-state index contributed by atoms with van der Waals surface area (Å²) in [4.78, 5) is 10.9. The number of alkyl carbamates (subject to hydrolysis) is 1. The van der Waals surface area contributed by atoms with Crippen LogP contribution >= 0.6 is 0 Å². The second-order valence-corrected chi connectivity index (χ2v) is 4.02. The first kappa shape index (κ1) is 11.5. The topological polar surface area (TPSA) is 47.6 Å². The average Bonchev–Trinajstić information content (AvgIpc) is 2.66. The van der Waals surface area contributed by atoms with Gasteiger partial charge in [-0.25, -0.2) is 4.79 Å². The maximum Gasteiger partial charge on any atom is 0.407 e. The number of cyclic esters (lactones) is 1. The van der Waals surface area contributed by atoms with E-state index >= 15 is 0 Å². The molecular formula is C13H15NO3. The Morgan fingerprint density at radius 3 is 3.00 bits per heavy atom. The monoisotopic (exact) mass is 233 g/mol. The minimum atomic E-state index is -0.353. The molecule has 4 heteroatoms. The molecule has 1 aliphatic rings. The van der Waals surface area contributed by atoms with E-state index in [1.807, 2.05) is 24.3 Å². The van der Waals surface area contributed by atoms with Crippen molar-refractivity contribution in [2.45, 2.75) is 19.4 Å². The van der Waals surface area contributed by atoms with Gasteiger partial charge in [0.25, 0.3) is 0 Å². The summed E-state index contributed by atoms with van der Waals surface area (Å²) in [5.74, 6) is 1.40. The summed E-state index contributed by atoms with van der Waals surface area (Å²) in [6.45, 7) is 6.06. The zero-order valence-corrected chi connectivity index (χ0v) is 9.73. The molecule has 0 aliphatic carbocycles. The Kier molecular flexibility index (Phi) is 3.32. The van der Waals surface area contributed by atoms with Crippen molar-refractivity contribution in [2.75, 3.05) is 6.54 Å². The summed E-state index contributed by atoms with van der Waals surface area (Å²) in [6, 6.07) is 7.68. The van der Waals surface area contributed by atoms with Crippen molar-refractivity contribution in [3.63, 3.8) is 0 Å². The first-order valence-electron chi connectivity index (χ1n) is 5.51. The molecule has 90 valence electrons. The van der Waals surface area contributed by atoms with E-state index in [-0.39, 0.29) is 12.2 Å². The van der Waals surface area contributed by atoms with Crippen molar-refractivity contribution in [1.82, 2.24) is 5.32 Å². The number of carbonyl (C=O) groups excluding carboxylic acids is 1. The summed E-state index contributed by atoms with van der Waals surface area (Å²) in [7, 11) is 0. The van der Waals surface area contributed by atoms with Gasteiger partial charge in [0.05, 0.1) is 12.3 Å². The van der Waals surface area contributed by atoms with Gasteiger partial charge in [-0.05, 0) is 18.6 Å². The van der Waals surface area contributed by atoms with E-state index in [2.05, 4.69) is 11.9 Å². The molecule has 0 aromatic heterocycles. The minimum absolute atomic E-state index is 0.127. The molecule has 1 fully saturated rings. The number of rotatable bonds is 4. The number of allylic oxidation sites excluding steroid dienone is 1. The van der Waals surface area contributed by atoms with Gasteiger partial charge in [-0.1, -0.05) is 24.8 Å². The van der Waals surface area contributed by atoms with Crippen molar-refractivity contribution in [3.05, 3.63) is 42.2 Å². The Morgan fingerprint density at radius 1 is 1.59 bits per heavy atom. The largest absolute Gasteiger partial charge is 0.462 e. The number of ether oxygens (including phenoxy) is 2. The fraction of sp³-hybridized carbons (Fsp3) is 0.308. The summed E-state index contributed by atoms with van der Waals surface area (Å²) in [5.41, 5.74) is 1.01. The number of carbonyl (C=O) groups is 1. The number of nitrogens with one attached hydrogen (secondary N) is 1. The molecule has 1 atom stereocenters. The van der Waals surface area contributed by atoms with Crippen LogP contribution in [0.15, 0.2) is 36.6 Å². The van der Waals surface area contributed by atoms with Crippen LogP contribution in [0.1, 0.15) is 12.5 Å². The molecule has 1 saturated heterocycles. The molecule has 0 saturated carbocycles. The Bertz CT molecular complexity index is 442. The van der Waals surface area contributed by atoms with Crippen molar-refractivity contribution >= 4 is 6.09 Å². The summed E-state index contributed by atoms with van der Waals surface area (Å²) in [5, 5.41) is 2.63. The quantitative estimate of drug-likeness (QED) is 0.811. The van der Waals surface area contributed by atoms with Gasteiger partial charge in [-0.2, -0.15) is 0 Å². The lowest BCUT2D eigenvalue weighted by Crippen LogP contribution is -2.17. The molecule has 1 aromatic carbocycles. The highest BCUT2D eigenvalue weighted by Crippen LogP contribution is 2.22. The van der Waals surface area contributed by atoms with Gasteiger partial charge in [0.2, 0.25) is 0 Å². The lowest BCUT2D eigenvalue weighted by atomic mass is 10.1. The van der Waals surface area contributed by atoms with Gasteiger partial charge in [0.15, 0.2) is 0 Å². The van der Waals surface area contributed by atoms with Crippen LogP contribution in [-0.2, 0) is 11.2 Å². The summed E-state index contributed by atoms with van der Waals surface area (Å²) < 4.78 is 10.6. The predicted octanol–water partition coefficient (Wildman–Crippen LogP) is 2.25. The maximum atomic E-state index is 10.9. The van der Waals surface area contributed by atoms with E-state index in [1.54, 1.807) is 6.92 Å². The molecular weight excluding hydrogens is 218 g/mol. The highest BCUT2D eigenvalue weighted by Gasteiger charge is 2.23. The van der Waals surface area contributed by atoms with Crippen molar-refractivity contribution in [3.8, 4) is 5.75 Å². The Balaban J connectivity index is 2.09. The number of amides is 1. The molecule has 17 heavy (non-hydrogen) atoms. The van der Waals surface area contributed by atoms with Crippen LogP contribution in [0.2, 0.25) is 0 Å². The molecule has 1 heterocycles. The Morgan fingerprint density at radius 2 is 2.35 bits per heavy atom. The van der Waals surface area contributed by atoms with Crippen molar-refractivity contribution in [2.24, 2.45) is 0 Å². The molecule has 1 amide bonds. The highest BCUT2D eigenvalue weighted by molar-refractivity contribution is 5.69. The maximum absolute atomic E-state index is 10.9. The number of benzene rings is 1. The molecule has 1 aliphatic heterocycles. The zero-order chi connectivity index (χ0) is 12.3. The third kappa shape index (κ3) is 3.00. The second-order valence-electron chi connectivity index (χ2n) is 4.02. The van der Waals surface area contributed by atoms with Crippen LogP contribution in [0.3, 0.4) is 0 Å². The minimum Gasteiger partial charge on any atom is -0.462 e. The van der Waals surface area contributed by atoms with Crippen LogP contribution in [0.5, 0.6) is 5.75 Å². The molecule has 1 N–H and O–H groups in total. The van der Waals surface area contributed by atoms with Crippen LogP contribution in [0, 0.1) is 0 Å². The first-order chi connectivity index (χ1) is 8.15. The lowest BCUT2D eigenvalue weighted by molar-refractivity contribution is 0.140. The smallest absolute Gasteiger partial charge is 0.407 e. The molecule has 0 spiro atoms. The first-order valence-corrected chi connectivity index (χ1v) is 5.51. The SMILES string of the molecule is C=C(C)Oc1ccccc1CC1CNC(=O)O1. The van der Waals surface area contributed by atoms with Gasteiger partial charge in [0.1, 0.15) is 11.9 Å². The van der Waals surface area contributed by atoms with Crippen LogP contribution in [-0.4, -0.2) is 18.7 Å². The fourth-order valence-electron chi connectivity index (χ4n) is 1.75. The van der Waals surface area contributed by atoms with E-state index in [0.717, 1.165) is 11.3 Å². The predicted molar refractivity (Wildman–Crippen MR) is 63.9 cm³/mol. The van der Waals surface area contributed by atoms with Crippen LogP contribution < -0.4 is 10.1 Å². The van der Waals surface area contributed by atoms with Crippen LogP contribution in [0.25, 0.3) is 0 Å². The number of hydrogen-bond donors (Lipinski definition) is 1. The Hall–Kier alpha value is -1.97. The number of hydrogen-bond acceptors (Lipinski definition) is 3. The van der Waals surface area contributed by atoms with Crippen molar-refractivity contribution < 1.29 is 14.3 Å². The van der Waals surface area contributed by atoms with Crippen molar-refractivity contribution in [1.29, 1.82) is 0 Å². The van der Waals surface area contributed by atoms with Gasteiger partial charge >= 0.3 is 6.09 Å². The normalized spacial score (nSPS) is 18.4. The lowest BCUT2D eigenvalue weighted by Gasteiger charge is -2.13. The third-order valence-corrected chi connectivity index (χ3v) is 2.45. The fourth-order valence-corrected chi connectivity index (χ4v) is 1.75. The van der Waals surface area contributed by atoms with Gasteiger partial charge in [-0.15, -0.1) is 0 Å². The third-order valence-electron chi connectivity index (χ3n) is 2.45. The molecule has 0 bridgehead atoms. The summed E-state index contributed by atoms with van der Waals surface area (Å²) in [6.07, 6.45) is 0.160. The molecule has 2 rings (SSSR count). The van der Waals surface area contributed by atoms with E-state index < -0.39 is 0 Å². The average molecular weight is 233 g/mol. The van der Waals surface area contributed by atoms with E-state index in [9.17, 15) is 4.79 Å². The van der Waals surface area contributed by atoms with E-state index in [4.69, 9.17) is 9.47 Å².